The third-order valence-electron chi connectivity index (χ3n) is 5.79. The Morgan fingerprint density at radius 3 is 2.11 bits per heavy atom. The fourth-order valence-corrected chi connectivity index (χ4v) is 5.50. The molecule has 0 heterocycles. The summed E-state index contributed by atoms with van der Waals surface area (Å²) >= 11 is 0. The molecular weight excluding hydrogens is 472 g/mol. The van der Waals surface area contributed by atoms with Gasteiger partial charge in [-0.3, -0.25) is 9.10 Å². The molecule has 4 rings (SSSR count). The molecule has 0 aromatic heterocycles. The van der Waals surface area contributed by atoms with E-state index in [0.717, 1.165) is 21.0 Å². The summed E-state index contributed by atoms with van der Waals surface area (Å²) < 4.78 is 33.9. The molecule has 1 atom stereocenters. The Labute approximate surface area is 212 Å². The standard InChI is InChI=1S/C29H28N2O4S/c1-22-12-11-15-24(20-22)29(23-13-5-3-6-14-23)30-28(32)21-31(26-18-9-10-19-27(26)35-2)36(33,34)25-16-7-4-8-17-25/h3-20,29H,21H2,1-2H3,(H,30,32). The lowest BCUT2D eigenvalue weighted by Gasteiger charge is -2.27. The van der Waals surface area contributed by atoms with E-state index in [9.17, 15) is 13.2 Å². The lowest BCUT2D eigenvalue weighted by Crippen LogP contribution is -2.42. The molecule has 4 aromatic carbocycles. The highest BCUT2D eigenvalue weighted by Gasteiger charge is 2.30. The van der Waals surface area contributed by atoms with Crippen molar-refractivity contribution in [1.82, 2.24) is 5.32 Å². The number of carbonyl (C=O) groups excluding carboxylic acids is 1. The predicted molar refractivity (Wildman–Crippen MR) is 142 cm³/mol. The Kier molecular flexibility index (Phi) is 7.71. The molecule has 0 saturated carbocycles. The summed E-state index contributed by atoms with van der Waals surface area (Å²) in [7, 11) is -2.59. The molecule has 6 nitrogen and oxygen atoms in total. The molecule has 4 aromatic rings. The van der Waals surface area contributed by atoms with Gasteiger partial charge < -0.3 is 10.1 Å². The zero-order valence-corrected chi connectivity index (χ0v) is 21.0. The number of nitrogens with zero attached hydrogens (tertiary/aromatic N) is 1. The maximum Gasteiger partial charge on any atom is 0.264 e. The van der Waals surface area contributed by atoms with Crippen molar-refractivity contribution < 1.29 is 17.9 Å². The van der Waals surface area contributed by atoms with Crippen LogP contribution >= 0.6 is 0 Å². The topological polar surface area (TPSA) is 75.7 Å². The van der Waals surface area contributed by atoms with Gasteiger partial charge in [-0.25, -0.2) is 8.42 Å². The highest BCUT2D eigenvalue weighted by Crippen LogP contribution is 2.32. The number of sulfonamides is 1. The minimum Gasteiger partial charge on any atom is -0.495 e. The van der Waals surface area contributed by atoms with Gasteiger partial charge in [0.1, 0.15) is 12.3 Å². The highest BCUT2D eigenvalue weighted by atomic mass is 32.2. The predicted octanol–water partition coefficient (Wildman–Crippen LogP) is 5.10. The zero-order valence-electron chi connectivity index (χ0n) is 20.2. The molecule has 184 valence electrons. The van der Waals surface area contributed by atoms with Gasteiger partial charge in [-0.1, -0.05) is 90.5 Å². The Hall–Kier alpha value is -4.10. The van der Waals surface area contributed by atoms with E-state index in [1.54, 1.807) is 42.5 Å². The lowest BCUT2D eigenvalue weighted by molar-refractivity contribution is -0.120. The van der Waals surface area contributed by atoms with Gasteiger partial charge >= 0.3 is 0 Å². The zero-order chi connectivity index (χ0) is 25.5. The lowest BCUT2D eigenvalue weighted by atomic mass is 9.97. The van der Waals surface area contributed by atoms with Crippen LogP contribution in [0.2, 0.25) is 0 Å². The summed E-state index contributed by atoms with van der Waals surface area (Å²) in [5, 5.41) is 3.05. The summed E-state index contributed by atoms with van der Waals surface area (Å²) in [4.78, 5) is 13.6. The molecular formula is C29H28N2O4S. The SMILES string of the molecule is COc1ccccc1N(CC(=O)NC(c1ccccc1)c1cccc(C)c1)S(=O)(=O)c1ccccc1. The van der Waals surface area contributed by atoms with E-state index >= 15 is 0 Å². The van der Waals surface area contributed by atoms with Crippen molar-refractivity contribution in [2.24, 2.45) is 0 Å². The Morgan fingerprint density at radius 1 is 0.833 bits per heavy atom. The third-order valence-corrected chi connectivity index (χ3v) is 7.56. The molecule has 36 heavy (non-hydrogen) atoms. The number of methoxy groups -OCH3 is 1. The number of aryl methyl sites for hydroxylation is 1. The molecule has 0 saturated heterocycles. The van der Waals surface area contributed by atoms with Crippen LogP contribution in [-0.4, -0.2) is 28.0 Å². The molecule has 1 amide bonds. The van der Waals surface area contributed by atoms with Crippen molar-refractivity contribution in [3.8, 4) is 5.75 Å². The first-order chi connectivity index (χ1) is 17.4. The van der Waals surface area contributed by atoms with Crippen molar-refractivity contribution in [3.05, 3.63) is 126 Å². The largest absolute Gasteiger partial charge is 0.495 e. The molecule has 0 aliphatic rings. The van der Waals surface area contributed by atoms with Crippen molar-refractivity contribution in [1.29, 1.82) is 0 Å². The third kappa shape index (κ3) is 5.58. The van der Waals surface area contributed by atoms with Gasteiger partial charge in [-0.15, -0.1) is 0 Å². The van der Waals surface area contributed by atoms with Gasteiger partial charge in [0.05, 0.1) is 23.7 Å². The summed E-state index contributed by atoms with van der Waals surface area (Å²) in [5.41, 5.74) is 3.14. The van der Waals surface area contributed by atoms with Crippen molar-refractivity contribution in [2.45, 2.75) is 17.9 Å². The Balaban J connectivity index is 1.71. The smallest absolute Gasteiger partial charge is 0.264 e. The van der Waals surface area contributed by atoms with Crippen LogP contribution in [0.15, 0.2) is 114 Å². The quantitative estimate of drug-likeness (QED) is 0.347. The van der Waals surface area contributed by atoms with Crippen molar-refractivity contribution >= 4 is 21.6 Å². The second-order valence-electron chi connectivity index (χ2n) is 8.32. The van der Waals surface area contributed by atoms with Gasteiger partial charge in [-0.05, 0) is 42.3 Å². The van der Waals surface area contributed by atoms with Crippen LogP contribution in [0.5, 0.6) is 5.75 Å². The van der Waals surface area contributed by atoms with Crippen LogP contribution in [0.1, 0.15) is 22.7 Å². The summed E-state index contributed by atoms with van der Waals surface area (Å²) in [5.74, 6) is -0.0983. The molecule has 0 spiro atoms. The van der Waals surface area contributed by atoms with E-state index in [4.69, 9.17) is 4.74 Å². The monoisotopic (exact) mass is 500 g/mol. The van der Waals surface area contributed by atoms with Crippen LogP contribution < -0.4 is 14.4 Å². The van der Waals surface area contributed by atoms with Gasteiger partial charge in [0, 0.05) is 0 Å². The maximum absolute atomic E-state index is 13.7. The van der Waals surface area contributed by atoms with E-state index in [1.807, 2.05) is 61.5 Å². The molecule has 1 N–H and O–H groups in total. The Morgan fingerprint density at radius 2 is 1.44 bits per heavy atom. The van der Waals surface area contributed by atoms with Crippen LogP contribution in [0.25, 0.3) is 0 Å². The van der Waals surface area contributed by atoms with Crippen molar-refractivity contribution in [2.75, 3.05) is 18.0 Å². The number of amides is 1. The maximum atomic E-state index is 13.7. The average Bonchev–Trinajstić information content (AvgIpc) is 2.91. The second-order valence-corrected chi connectivity index (χ2v) is 10.2. The van der Waals surface area contributed by atoms with Gasteiger partial charge in [0.15, 0.2) is 0 Å². The van der Waals surface area contributed by atoms with Crippen LogP contribution in [-0.2, 0) is 14.8 Å². The van der Waals surface area contributed by atoms with Crippen LogP contribution in [0.4, 0.5) is 5.69 Å². The summed E-state index contributed by atoms with van der Waals surface area (Å²) in [6.07, 6.45) is 0. The minimum atomic E-state index is -4.06. The fraction of sp³-hybridized carbons (Fsp3) is 0.138. The van der Waals surface area contributed by atoms with E-state index in [-0.39, 0.29) is 10.6 Å². The van der Waals surface area contributed by atoms with Gasteiger partial charge in [0.2, 0.25) is 5.91 Å². The molecule has 7 heteroatoms. The van der Waals surface area contributed by atoms with Gasteiger partial charge in [-0.2, -0.15) is 0 Å². The number of hydrogen-bond donors (Lipinski definition) is 1. The van der Waals surface area contributed by atoms with Crippen LogP contribution in [0.3, 0.4) is 0 Å². The number of carbonyl (C=O) groups is 1. The fourth-order valence-electron chi connectivity index (χ4n) is 4.05. The molecule has 0 aliphatic heterocycles. The normalized spacial score (nSPS) is 11.9. The summed E-state index contributed by atoms with van der Waals surface area (Å²) in [6, 6.07) is 31.9. The number of anilines is 1. The first-order valence-electron chi connectivity index (χ1n) is 11.5. The number of rotatable bonds is 9. The number of hydrogen-bond acceptors (Lipinski definition) is 4. The van der Waals surface area contributed by atoms with Crippen molar-refractivity contribution in [3.63, 3.8) is 0 Å². The molecule has 0 radical (unpaired) electrons. The molecule has 0 bridgehead atoms. The number of benzene rings is 4. The average molecular weight is 501 g/mol. The molecule has 0 aliphatic carbocycles. The van der Waals surface area contributed by atoms with Gasteiger partial charge in [0.25, 0.3) is 10.0 Å². The summed E-state index contributed by atoms with van der Waals surface area (Å²) in [6.45, 7) is 1.57. The molecule has 1 unspecified atom stereocenters. The first kappa shape index (κ1) is 25.0. The second kappa shape index (κ2) is 11.1. The van der Waals surface area contributed by atoms with Crippen LogP contribution in [0, 0.1) is 6.92 Å². The van der Waals surface area contributed by atoms with E-state index < -0.39 is 28.5 Å². The van der Waals surface area contributed by atoms with E-state index in [0.29, 0.717) is 5.75 Å². The Bertz CT molecular complexity index is 1420. The number of ether oxygens (including phenoxy) is 1. The number of nitrogens with one attached hydrogen (secondary N) is 1. The van der Waals surface area contributed by atoms with E-state index in [1.165, 1.54) is 19.2 Å². The van der Waals surface area contributed by atoms with E-state index in [2.05, 4.69) is 5.32 Å². The first-order valence-corrected chi connectivity index (χ1v) is 13.0. The molecule has 0 fully saturated rings. The number of para-hydroxylation sites is 2. The minimum absolute atomic E-state index is 0.0852. The highest BCUT2D eigenvalue weighted by molar-refractivity contribution is 7.92.